The van der Waals surface area contributed by atoms with Gasteiger partial charge in [-0.1, -0.05) is 32.3 Å². The average molecular weight is 517 g/mol. The second-order valence-electron chi connectivity index (χ2n) is 10.3. The van der Waals surface area contributed by atoms with E-state index in [-0.39, 0.29) is 12.0 Å². The first-order chi connectivity index (χ1) is 17.0. The van der Waals surface area contributed by atoms with Gasteiger partial charge in [0.25, 0.3) is 0 Å². The van der Waals surface area contributed by atoms with E-state index >= 15 is 0 Å². The van der Waals surface area contributed by atoms with Crippen LogP contribution >= 0.6 is 0 Å². The Hall–Kier alpha value is -2.25. The standard InChI is InChI=1S/C28H31F7O/c1-2-3-17-4-5-20(14-17)18-6-8-19(9-7-18)21-10-12-24(25(29)15-21)28(34,35)36-22-11-13-23(26(30)16-22)27(31,32)33/h10-13,15-20H,2-9,14H2,1H3. The minimum absolute atomic E-state index is 0.0937. The molecule has 198 valence electrons. The van der Waals surface area contributed by atoms with Crippen molar-refractivity contribution >= 4 is 0 Å². The zero-order valence-corrected chi connectivity index (χ0v) is 20.2. The molecule has 2 aromatic carbocycles. The number of benzene rings is 2. The van der Waals surface area contributed by atoms with E-state index in [4.69, 9.17) is 0 Å². The largest absolute Gasteiger partial charge is 0.429 e. The Morgan fingerprint density at radius 3 is 2.03 bits per heavy atom. The van der Waals surface area contributed by atoms with Gasteiger partial charge in [-0.15, -0.1) is 0 Å². The molecule has 0 N–H and O–H groups in total. The lowest BCUT2D eigenvalue weighted by Crippen LogP contribution is -2.24. The number of hydrogen-bond acceptors (Lipinski definition) is 1. The molecule has 2 aromatic rings. The second kappa shape index (κ2) is 10.6. The van der Waals surface area contributed by atoms with Crippen LogP contribution in [-0.2, 0) is 12.3 Å². The number of hydrogen-bond donors (Lipinski definition) is 0. The predicted molar refractivity (Wildman–Crippen MR) is 123 cm³/mol. The highest BCUT2D eigenvalue weighted by Crippen LogP contribution is 2.46. The minimum Gasteiger partial charge on any atom is -0.429 e. The first-order valence-electron chi connectivity index (χ1n) is 12.7. The molecule has 1 nitrogen and oxygen atoms in total. The van der Waals surface area contributed by atoms with Crippen LogP contribution in [0.5, 0.6) is 5.75 Å². The fraction of sp³-hybridized carbons (Fsp3) is 0.571. The summed E-state index contributed by atoms with van der Waals surface area (Å²) in [5.41, 5.74) is -1.99. The van der Waals surface area contributed by atoms with Crippen LogP contribution in [0.3, 0.4) is 0 Å². The van der Waals surface area contributed by atoms with Gasteiger partial charge in [0, 0.05) is 6.07 Å². The van der Waals surface area contributed by atoms with Gasteiger partial charge in [-0.05, 0) is 92.0 Å². The summed E-state index contributed by atoms with van der Waals surface area (Å²) in [7, 11) is 0. The summed E-state index contributed by atoms with van der Waals surface area (Å²) in [6.45, 7) is 2.22. The molecule has 0 aromatic heterocycles. The normalized spacial score (nSPS) is 25.2. The van der Waals surface area contributed by atoms with Gasteiger partial charge in [-0.3, -0.25) is 0 Å². The van der Waals surface area contributed by atoms with E-state index in [1.54, 1.807) is 0 Å². The molecule has 0 heterocycles. The Bertz CT molecular complexity index is 1040. The van der Waals surface area contributed by atoms with Crippen LogP contribution in [0.15, 0.2) is 36.4 Å². The first-order valence-corrected chi connectivity index (χ1v) is 12.7. The third-order valence-electron chi connectivity index (χ3n) is 7.99. The number of rotatable bonds is 7. The maximum Gasteiger partial charge on any atom is 0.429 e. The smallest absolute Gasteiger partial charge is 0.429 e. The molecule has 2 saturated carbocycles. The van der Waals surface area contributed by atoms with E-state index in [2.05, 4.69) is 11.7 Å². The van der Waals surface area contributed by atoms with Crippen LogP contribution in [0.2, 0.25) is 0 Å². The molecule has 2 aliphatic carbocycles. The van der Waals surface area contributed by atoms with Crippen molar-refractivity contribution in [2.24, 2.45) is 17.8 Å². The molecule has 2 fully saturated rings. The summed E-state index contributed by atoms with van der Waals surface area (Å²) in [4.78, 5) is 0. The maximum absolute atomic E-state index is 14.8. The fourth-order valence-electron chi connectivity index (χ4n) is 6.15. The molecule has 4 rings (SSSR count). The lowest BCUT2D eigenvalue weighted by Gasteiger charge is -2.33. The van der Waals surface area contributed by atoms with Crippen molar-refractivity contribution in [3.63, 3.8) is 0 Å². The zero-order chi connectivity index (χ0) is 26.1. The van der Waals surface area contributed by atoms with E-state index in [1.807, 2.05) is 0 Å². The lowest BCUT2D eigenvalue weighted by atomic mass is 9.73. The summed E-state index contributed by atoms with van der Waals surface area (Å²) in [6, 6.07) is 4.61. The minimum atomic E-state index is -4.97. The Morgan fingerprint density at radius 1 is 0.778 bits per heavy atom. The molecule has 36 heavy (non-hydrogen) atoms. The number of alkyl halides is 5. The molecule has 0 spiro atoms. The molecule has 0 radical (unpaired) electrons. The van der Waals surface area contributed by atoms with Crippen LogP contribution < -0.4 is 4.74 Å². The second-order valence-corrected chi connectivity index (χ2v) is 10.3. The van der Waals surface area contributed by atoms with E-state index in [0.717, 1.165) is 49.7 Å². The van der Waals surface area contributed by atoms with Crippen molar-refractivity contribution in [1.82, 2.24) is 0 Å². The van der Waals surface area contributed by atoms with Gasteiger partial charge < -0.3 is 4.74 Å². The quantitative estimate of drug-likeness (QED) is 0.333. The summed E-state index contributed by atoms with van der Waals surface area (Å²) >= 11 is 0. The zero-order valence-electron chi connectivity index (χ0n) is 20.2. The van der Waals surface area contributed by atoms with Crippen molar-refractivity contribution in [2.45, 2.75) is 82.9 Å². The summed E-state index contributed by atoms with van der Waals surface area (Å²) in [5, 5.41) is 0. The number of halogens is 7. The topological polar surface area (TPSA) is 9.23 Å². The van der Waals surface area contributed by atoms with Crippen LogP contribution in [0, 0.1) is 29.4 Å². The molecule has 0 bridgehead atoms. The number of ether oxygens (including phenoxy) is 1. The van der Waals surface area contributed by atoms with Gasteiger partial charge in [0.2, 0.25) is 0 Å². The molecule has 0 saturated heterocycles. The molecular weight excluding hydrogens is 485 g/mol. The predicted octanol–water partition coefficient (Wildman–Crippen LogP) is 9.60. The van der Waals surface area contributed by atoms with Crippen LogP contribution in [0.25, 0.3) is 0 Å². The Morgan fingerprint density at radius 2 is 1.42 bits per heavy atom. The SMILES string of the molecule is CCCC1CCC(C2CCC(c3ccc(C(F)(F)Oc4ccc(C(F)(F)F)c(F)c4)c(F)c3)CC2)C1. The molecule has 0 amide bonds. The third-order valence-corrected chi connectivity index (χ3v) is 7.99. The molecule has 2 aliphatic rings. The van der Waals surface area contributed by atoms with Crippen molar-refractivity contribution in [1.29, 1.82) is 0 Å². The summed E-state index contributed by atoms with van der Waals surface area (Å²) in [5.74, 6) is -1.38. The van der Waals surface area contributed by atoms with Crippen molar-refractivity contribution in [3.05, 3.63) is 64.7 Å². The van der Waals surface area contributed by atoms with Crippen LogP contribution in [0.1, 0.15) is 87.3 Å². The van der Waals surface area contributed by atoms with Gasteiger partial charge >= 0.3 is 12.3 Å². The molecule has 2 atom stereocenters. The summed E-state index contributed by atoms with van der Waals surface area (Å²) in [6.07, 6.45) is 1.10. The Balaban J connectivity index is 1.39. The van der Waals surface area contributed by atoms with Crippen LogP contribution in [-0.4, -0.2) is 0 Å². The van der Waals surface area contributed by atoms with Gasteiger partial charge in [0.1, 0.15) is 17.4 Å². The highest BCUT2D eigenvalue weighted by Gasteiger charge is 2.40. The highest BCUT2D eigenvalue weighted by molar-refractivity contribution is 5.33. The first kappa shape index (κ1) is 26.8. The Kier molecular flexibility index (Phi) is 7.91. The van der Waals surface area contributed by atoms with Crippen molar-refractivity contribution < 1.29 is 35.5 Å². The van der Waals surface area contributed by atoms with E-state index in [0.29, 0.717) is 23.6 Å². The van der Waals surface area contributed by atoms with Crippen LogP contribution in [0.4, 0.5) is 30.7 Å². The van der Waals surface area contributed by atoms with E-state index in [9.17, 15) is 30.7 Å². The highest BCUT2D eigenvalue weighted by atomic mass is 19.4. The molecule has 2 unspecified atom stereocenters. The van der Waals surface area contributed by atoms with Crippen molar-refractivity contribution in [2.75, 3.05) is 0 Å². The van der Waals surface area contributed by atoms with Gasteiger partial charge in [-0.25, -0.2) is 8.78 Å². The molecule has 8 heteroatoms. The van der Waals surface area contributed by atoms with Gasteiger partial charge in [0.15, 0.2) is 0 Å². The average Bonchev–Trinajstić information content (AvgIpc) is 3.27. The van der Waals surface area contributed by atoms with E-state index < -0.39 is 40.8 Å². The van der Waals surface area contributed by atoms with Crippen molar-refractivity contribution in [3.8, 4) is 5.75 Å². The molecular formula is C28H31F7O. The monoisotopic (exact) mass is 516 g/mol. The van der Waals surface area contributed by atoms with E-state index in [1.165, 1.54) is 38.2 Å². The Labute approximate surface area is 207 Å². The maximum atomic E-state index is 14.8. The third kappa shape index (κ3) is 6.00. The van der Waals surface area contributed by atoms with Gasteiger partial charge in [0.05, 0.1) is 11.1 Å². The summed E-state index contributed by atoms with van der Waals surface area (Å²) < 4.78 is 100. The fourth-order valence-corrected chi connectivity index (χ4v) is 6.15. The lowest BCUT2D eigenvalue weighted by molar-refractivity contribution is -0.187. The van der Waals surface area contributed by atoms with Gasteiger partial charge in [-0.2, -0.15) is 22.0 Å². The molecule has 0 aliphatic heterocycles.